The molecule has 0 aromatic heterocycles. The minimum atomic E-state index is -0.495. The zero-order valence-electron chi connectivity index (χ0n) is 16.5. The third-order valence-corrected chi connectivity index (χ3v) is 4.99. The van der Waals surface area contributed by atoms with Crippen LogP contribution < -0.4 is 15.4 Å². The molecule has 1 aliphatic heterocycles. The topological polar surface area (TPSA) is 70.7 Å². The Bertz CT molecular complexity index is 851. The van der Waals surface area contributed by atoms with Crippen molar-refractivity contribution in [1.29, 1.82) is 0 Å². The third kappa shape index (κ3) is 5.47. The van der Waals surface area contributed by atoms with Crippen LogP contribution in [0.4, 0.5) is 14.9 Å². The second-order valence-corrected chi connectivity index (χ2v) is 6.98. The summed E-state index contributed by atoms with van der Waals surface area (Å²) in [6.07, 6.45) is 1.52. The molecular formula is C22H26FN3O3. The molecule has 29 heavy (non-hydrogen) atoms. The zero-order valence-corrected chi connectivity index (χ0v) is 16.5. The predicted molar refractivity (Wildman–Crippen MR) is 110 cm³/mol. The van der Waals surface area contributed by atoms with Gasteiger partial charge in [-0.25, -0.2) is 9.18 Å². The molecule has 0 spiro atoms. The lowest BCUT2D eigenvalue weighted by Gasteiger charge is -2.32. The Balaban J connectivity index is 1.45. The van der Waals surface area contributed by atoms with E-state index >= 15 is 0 Å². The molecule has 3 rings (SSSR count). The lowest BCUT2D eigenvalue weighted by Crippen LogP contribution is -2.42. The molecule has 6 nitrogen and oxygen atoms in total. The standard InChI is InChI=1S/C22H26FN3O3/c1-2-29-20-10-6-5-9-19(20)25-22(28)24-15-16-11-13-26(14-12-16)21(27)17-7-3-4-8-18(17)23/h3-10,16H,2,11-15H2,1H3,(H2,24,25,28). The number of rotatable bonds is 6. The van der Waals surface area contributed by atoms with Crippen molar-refractivity contribution in [2.24, 2.45) is 5.92 Å². The number of ether oxygens (including phenoxy) is 1. The van der Waals surface area contributed by atoms with Crippen LogP contribution >= 0.6 is 0 Å². The summed E-state index contributed by atoms with van der Waals surface area (Å²) in [6.45, 7) is 4.03. The van der Waals surface area contributed by atoms with E-state index in [0.717, 1.165) is 12.8 Å². The minimum absolute atomic E-state index is 0.108. The number of carbonyl (C=O) groups is 2. The Morgan fingerprint density at radius 1 is 1.10 bits per heavy atom. The zero-order chi connectivity index (χ0) is 20.6. The van der Waals surface area contributed by atoms with Gasteiger partial charge in [0.15, 0.2) is 0 Å². The van der Waals surface area contributed by atoms with Crippen LogP contribution in [0, 0.1) is 11.7 Å². The Labute approximate surface area is 170 Å². The summed E-state index contributed by atoms with van der Waals surface area (Å²) in [6, 6.07) is 13.0. The summed E-state index contributed by atoms with van der Waals surface area (Å²) in [5.41, 5.74) is 0.730. The summed E-state index contributed by atoms with van der Waals surface area (Å²) in [5, 5.41) is 5.69. The molecule has 1 saturated heterocycles. The lowest BCUT2D eigenvalue weighted by molar-refractivity contribution is 0.0686. The largest absolute Gasteiger partial charge is 0.492 e. The molecule has 2 N–H and O–H groups in total. The first-order valence-electron chi connectivity index (χ1n) is 9.89. The van der Waals surface area contributed by atoms with Gasteiger partial charge in [-0.1, -0.05) is 24.3 Å². The molecule has 1 fully saturated rings. The van der Waals surface area contributed by atoms with Crippen LogP contribution in [0.15, 0.2) is 48.5 Å². The van der Waals surface area contributed by atoms with Gasteiger partial charge in [0.25, 0.3) is 5.91 Å². The smallest absolute Gasteiger partial charge is 0.319 e. The van der Waals surface area contributed by atoms with Gasteiger partial charge in [0, 0.05) is 19.6 Å². The molecule has 0 unspecified atom stereocenters. The van der Waals surface area contributed by atoms with Crippen LogP contribution in [0.1, 0.15) is 30.1 Å². The van der Waals surface area contributed by atoms with Crippen molar-refractivity contribution in [1.82, 2.24) is 10.2 Å². The molecular weight excluding hydrogens is 373 g/mol. The molecule has 3 amide bonds. The number of nitrogens with one attached hydrogen (secondary N) is 2. The number of hydrogen-bond acceptors (Lipinski definition) is 3. The predicted octanol–water partition coefficient (Wildman–Crippen LogP) is 3.90. The maximum absolute atomic E-state index is 13.8. The molecule has 154 valence electrons. The van der Waals surface area contributed by atoms with E-state index in [1.807, 2.05) is 19.1 Å². The summed E-state index contributed by atoms with van der Waals surface area (Å²) in [4.78, 5) is 26.4. The number of amides is 3. The average Bonchev–Trinajstić information content (AvgIpc) is 2.74. The highest BCUT2D eigenvalue weighted by Crippen LogP contribution is 2.24. The van der Waals surface area contributed by atoms with Gasteiger partial charge in [-0.2, -0.15) is 0 Å². The number of anilines is 1. The summed E-state index contributed by atoms with van der Waals surface area (Å²) < 4.78 is 19.3. The van der Waals surface area contributed by atoms with Crippen molar-refractivity contribution in [2.75, 3.05) is 31.6 Å². The molecule has 0 atom stereocenters. The number of halogens is 1. The fourth-order valence-electron chi connectivity index (χ4n) is 3.40. The van der Waals surface area contributed by atoms with Gasteiger partial charge < -0.3 is 20.3 Å². The molecule has 0 radical (unpaired) electrons. The molecule has 0 bridgehead atoms. The van der Waals surface area contributed by atoms with E-state index in [2.05, 4.69) is 10.6 Å². The highest BCUT2D eigenvalue weighted by Gasteiger charge is 2.25. The quantitative estimate of drug-likeness (QED) is 0.774. The molecule has 7 heteroatoms. The van der Waals surface area contributed by atoms with Crippen LogP contribution in [-0.4, -0.2) is 43.1 Å². The summed E-state index contributed by atoms with van der Waals surface area (Å²) in [7, 11) is 0. The fraction of sp³-hybridized carbons (Fsp3) is 0.364. The van der Waals surface area contributed by atoms with Crippen LogP contribution in [-0.2, 0) is 0 Å². The van der Waals surface area contributed by atoms with Crippen molar-refractivity contribution in [3.8, 4) is 5.75 Å². The number of para-hydroxylation sites is 2. The maximum Gasteiger partial charge on any atom is 0.319 e. The fourth-order valence-corrected chi connectivity index (χ4v) is 3.40. The number of urea groups is 1. The van der Waals surface area contributed by atoms with Crippen LogP contribution in [0.3, 0.4) is 0 Å². The second kappa shape index (κ2) is 9.91. The van der Waals surface area contributed by atoms with E-state index in [9.17, 15) is 14.0 Å². The van der Waals surface area contributed by atoms with E-state index in [-0.39, 0.29) is 23.4 Å². The van der Waals surface area contributed by atoms with E-state index in [1.165, 1.54) is 12.1 Å². The molecule has 0 saturated carbocycles. The van der Waals surface area contributed by atoms with Crippen molar-refractivity contribution < 1.29 is 18.7 Å². The minimum Gasteiger partial charge on any atom is -0.492 e. The number of carbonyl (C=O) groups excluding carboxylic acids is 2. The van der Waals surface area contributed by atoms with Gasteiger partial charge in [0.2, 0.25) is 0 Å². The van der Waals surface area contributed by atoms with Gasteiger partial charge in [-0.05, 0) is 49.9 Å². The van der Waals surface area contributed by atoms with Crippen molar-refractivity contribution in [3.05, 3.63) is 59.9 Å². The van der Waals surface area contributed by atoms with Crippen molar-refractivity contribution in [3.63, 3.8) is 0 Å². The first kappa shape index (κ1) is 20.6. The van der Waals surface area contributed by atoms with Gasteiger partial charge >= 0.3 is 6.03 Å². The highest BCUT2D eigenvalue weighted by atomic mass is 19.1. The van der Waals surface area contributed by atoms with Crippen LogP contribution in [0.25, 0.3) is 0 Å². The van der Waals surface area contributed by atoms with Gasteiger partial charge in [-0.3, -0.25) is 4.79 Å². The van der Waals surface area contributed by atoms with Gasteiger partial charge in [-0.15, -0.1) is 0 Å². The van der Waals surface area contributed by atoms with Crippen molar-refractivity contribution >= 4 is 17.6 Å². The lowest BCUT2D eigenvalue weighted by atomic mass is 9.96. The number of benzene rings is 2. The Morgan fingerprint density at radius 3 is 2.52 bits per heavy atom. The maximum atomic E-state index is 13.8. The number of piperidine rings is 1. The Hall–Kier alpha value is -3.09. The van der Waals surface area contributed by atoms with E-state index < -0.39 is 5.82 Å². The van der Waals surface area contributed by atoms with Crippen LogP contribution in [0.5, 0.6) is 5.75 Å². The van der Waals surface area contributed by atoms with E-state index in [1.54, 1.807) is 29.2 Å². The third-order valence-electron chi connectivity index (χ3n) is 4.99. The highest BCUT2D eigenvalue weighted by molar-refractivity contribution is 5.94. The SMILES string of the molecule is CCOc1ccccc1NC(=O)NCC1CCN(C(=O)c2ccccc2F)CC1. The molecule has 2 aromatic rings. The normalized spacial score (nSPS) is 14.3. The number of likely N-dealkylation sites (tertiary alicyclic amines) is 1. The monoisotopic (exact) mass is 399 g/mol. The van der Waals surface area contributed by atoms with Gasteiger partial charge in [0.1, 0.15) is 11.6 Å². The first-order chi connectivity index (χ1) is 14.1. The summed E-state index contributed by atoms with van der Waals surface area (Å²) in [5.74, 6) is 0.128. The molecule has 0 aliphatic carbocycles. The Kier molecular flexibility index (Phi) is 7.05. The summed E-state index contributed by atoms with van der Waals surface area (Å²) >= 11 is 0. The molecule has 1 aliphatic rings. The number of hydrogen-bond donors (Lipinski definition) is 2. The first-order valence-corrected chi connectivity index (χ1v) is 9.89. The van der Waals surface area contributed by atoms with Crippen LogP contribution in [0.2, 0.25) is 0 Å². The molecule has 1 heterocycles. The second-order valence-electron chi connectivity index (χ2n) is 6.98. The van der Waals surface area contributed by atoms with Gasteiger partial charge in [0.05, 0.1) is 17.9 Å². The average molecular weight is 399 g/mol. The Morgan fingerprint density at radius 2 is 1.79 bits per heavy atom. The van der Waals surface area contributed by atoms with E-state index in [0.29, 0.717) is 37.7 Å². The van der Waals surface area contributed by atoms with E-state index in [4.69, 9.17) is 4.74 Å². The molecule has 2 aromatic carbocycles. The van der Waals surface area contributed by atoms with Crippen molar-refractivity contribution in [2.45, 2.75) is 19.8 Å². The number of nitrogens with zero attached hydrogens (tertiary/aromatic N) is 1.